The van der Waals surface area contributed by atoms with Crippen molar-refractivity contribution < 1.29 is 57.1 Å². The van der Waals surface area contributed by atoms with Gasteiger partial charge in [0.05, 0.1) is 39.3 Å². The Kier molecular flexibility index (Phi) is 30.1. The van der Waals surface area contributed by atoms with Crippen LogP contribution >= 0.6 is 0 Å². The van der Waals surface area contributed by atoms with Crippen molar-refractivity contribution in [3.63, 3.8) is 0 Å². The average Bonchev–Trinajstić information content (AvgIpc) is 1.56. The van der Waals surface area contributed by atoms with Crippen LogP contribution in [0.4, 0.5) is 0 Å². The van der Waals surface area contributed by atoms with Gasteiger partial charge in [-0.25, -0.2) is 0 Å². The first-order valence-corrected chi connectivity index (χ1v) is 38.4. The molecule has 9 aliphatic rings. The molecule has 9 fully saturated rings. The van der Waals surface area contributed by atoms with E-state index in [0.29, 0.717) is 24.0 Å². The van der Waals surface area contributed by atoms with E-state index in [4.69, 9.17) is 33.2 Å². The van der Waals surface area contributed by atoms with E-state index in [1.54, 1.807) is 0 Å². The molecule has 0 aromatic rings. The van der Waals surface area contributed by atoms with Crippen molar-refractivity contribution in [2.24, 2.45) is 80.3 Å². The molecule has 0 radical (unpaired) electrons. The van der Waals surface area contributed by atoms with E-state index in [9.17, 15) is 24.0 Å². The summed E-state index contributed by atoms with van der Waals surface area (Å²) in [6, 6.07) is 0. The molecule has 0 heterocycles. The summed E-state index contributed by atoms with van der Waals surface area (Å²) in [5, 5.41) is 0. The van der Waals surface area contributed by atoms with Crippen molar-refractivity contribution in [3.05, 3.63) is 0 Å². The van der Waals surface area contributed by atoms with Crippen LogP contribution in [0.2, 0.25) is 0 Å². The molecule has 0 amide bonds. The predicted molar refractivity (Wildman–Crippen MR) is 371 cm³/mol. The van der Waals surface area contributed by atoms with Gasteiger partial charge in [-0.05, 0) is 317 Å². The Labute approximate surface area is 563 Å². The summed E-state index contributed by atoms with van der Waals surface area (Å²) >= 11 is 0. The quantitative estimate of drug-likeness (QED) is 0.0466. The first-order valence-electron chi connectivity index (χ1n) is 38.4. The van der Waals surface area contributed by atoms with E-state index in [1.807, 2.05) is 111 Å². The molecule has 0 aromatic carbocycles. The monoisotopic (exact) mass is 1300 g/mol. The fraction of sp³-hybridized carbons (Fsp3) is 0.938. The zero-order chi connectivity index (χ0) is 68.7. The van der Waals surface area contributed by atoms with Crippen LogP contribution in [0.5, 0.6) is 0 Å². The molecular weight excluding hydrogens is 1150 g/mol. The highest BCUT2D eigenvalue weighted by Crippen LogP contribution is 2.68. The van der Waals surface area contributed by atoms with E-state index in [0.717, 1.165) is 125 Å². The number of carbonyl (C=O) groups excluding carboxylic acids is 5. The summed E-state index contributed by atoms with van der Waals surface area (Å²) < 4.78 is 40.8. The zero-order valence-electron chi connectivity index (χ0n) is 63.2. The van der Waals surface area contributed by atoms with Crippen molar-refractivity contribution in [2.75, 3.05) is 0 Å². The number of rotatable bonds is 21. The minimum Gasteiger partial charge on any atom is -0.459 e. The van der Waals surface area contributed by atoms with Gasteiger partial charge in [-0.3, -0.25) is 24.0 Å². The highest BCUT2D eigenvalue weighted by molar-refractivity contribution is 5.78. The normalized spacial score (nSPS) is 29.2. The van der Waals surface area contributed by atoms with E-state index >= 15 is 0 Å². The van der Waals surface area contributed by atoms with E-state index in [-0.39, 0.29) is 62.9 Å². The maximum atomic E-state index is 12.3. The van der Waals surface area contributed by atoms with E-state index in [1.165, 1.54) is 128 Å². The van der Waals surface area contributed by atoms with Crippen molar-refractivity contribution in [3.8, 4) is 0 Å². The van der Waals surface area contributed by atoms with Gasteiger partial charge < -0.3 is 33.2 Å². The van der Waals surface area contributed by atoms with E-state index in [2.05, 4.69) is 34.6 Å². The summed E-state index contributed by atoms with van der Waals surface area (Å²) in [7, 11) is 0. The van der Waals surface area contributed by atoms with Gasteiger partial charge in [0.2, 0.25) is 0 Å². The SMILES string of the molecule is CCC(C)(C)C(=O)OC(C)OC1CC2CC1C1C3CCC(C3)C21.CCC(C)(C)C(=O)OC(C)OC1CC2CCC1C2.CCC(C)(C)C(=O)OC1(C(C)C)CCCC1.CCC(C)(C)C(=O)OC1(C)CCCCCCC1.CCC1(OC(=O)C(C)(C)CC)CCCCCCC1. The molecule has 12 heteroatoms. The molecule has 12 unspecified atom stereocenters. The molecule has 6 bridgehead atoms. The van der Waals surface area contributed by atoms with Crippen LogP contribution in [0.3, 0.4) is 0 Å². The lowest BCUT2D eigenvalue weighted by molar-refractivity contribution is -0.202. The predicted octanol–water partition coefficient (Wildman–Crippen LogP) is 21.2. The van der Waals surface area contributed by atoms with Gasteiger partial charge in [-0.2, -0.15) is 0 Å². The summed E-state index contributed by atoms with van der Waals surface area (Å²) in [6.45, 7) is 42.1. The van der Waals surface area contributed by atoms with Crippen molar-refractivity contribution in [2.45, 2.75) is 399 Å². The van der Waals surface area contributed by atoms with Gasteiger partial charge in [0.25, 0.3) is 0 Å². The average molecular weight is 1300 g/mol. The molecule has 9 saturated carbocycles. The number of fused-ring (bicyclic) bond motifs is 11. The Morgan fingerprint density at radius 1 is 0.391 bits per heavy atom. The number of carbonyl (C=O) groups is 5. The first kappa shape index (κ1) is 80.0. The smallest absolute Gasteiger partial charge is 0.313 e. The molecule has 0 saturated heterocycles. The number of hydrogen-bond donors (Lipinski definition) is 0. The molecule has 9 rings (SSSR count). The van der Waals surface area contributed by atoms with Crippen LogP contribution in [0.1, 0.15) is 357 Å². The molecule has 0 aliphatic heterocycles. The zero-order valence-corrected chi connectivity index (χ0v) is 63.2. The van der Waals surface area contributed by atoms with Gasteiger partial charge in [-0.15, -0.1) is 0 Å². The van der Waals surface area contributed by atoms with Crippen LogP contribution in [0, 0.1) is 80.3 Å². The molecule has 12 atom stereocenters. The second kappa shape index (κ2) is 34.7. The molecule has 92 heavy (non-hydrogen) atoms. The van der Waals surface area contributed by atoms with Gasteiger partial charge in [0, 0.05) is 0 Å². The number of ether oxygens (including phenoxy) is 7. The molecule has 0 spiro atoms. The highest BCUT2D eigenvalue weighted by Gasteiger charge is 2.63. The molecule has 9 aliphatic carbocycles. The molecule has 0 aromatic heterocycles. The fourth-order valence-corrected chi connectivity index (χ4v) is 16.5. The Balaban J connectivity index is 0.000000210. The minimum absolute atomic E-state index is 0.00702. The Morgan fingerprint density at radius 2 is 0.783 bits per heavy atom. The fourth-order valence-electron chi connectivity index (χ4n) is 16.5. The van der Waals surface area contributed by atoms with Crippen LogP contribution < -0.4 is 0 Å². The Hall–Kier alpha value is -2.73. The van der Waals surface area contributed by atoms with Crippen LogP contribution in [0.25, 0.3) is 0 Å². The molecule has 0 N–H and O–H groups in total. The van der Waals surface area contributed by atoms with E-state index < -0.39 is 23.4 Å². The molecule has 534 valence electrons. The largest absolute Gasteiger partial charge is 0.459 e. The van der Waals surface area contributed by atoms with Gasteiger partial charge >= 0.3 is 29.8 Å². The van der Waals surface area contributed by atoms with Crippen molar-refractivity contribution >= 4 is 29.8 Å². The second-order valence-electron chi connectivity index (χ2n) is 34.7. The van der Waals surface area contributed by atoms with Crippen molar-refractivity contribution in [1.82, 2.24) is 0 Å². The van der Waals surface area contributed by atoms with Crippen LogP contribution in [-0.4, -0.2) is 71.4 Å². The maximum absolute atomic E-state index is 12.3. The Bertz CT molecular complexity index is 2270. The maximum Gasteiger partial charge on any atom is 0.313 e. The third-order valence-electron chi connectivity index (χ3n) is 25.6. The van der Waals surface area contributed by atoms with Gasteiger partial charge in [0.1, 0.15) is 16.8 Å². The number of hydrogen-bond acceptors (Lipinski definition) is 12. The molecular formula is C80H142O12. The van der Waals surface area contributed by atoms with Gasteiger partial charge in [-0.1, -0.05) is 93.9 Å². The van der Waals surface area contributed by atoms with Crippen LogP contribution in [0.15, 0.2) is 0 Å². The highest BCUT2D eigenvalue weighted by atomic mass is 16.7. The lowest BCUT2D eigenvalue weighted by Gasteiger charge is -2.39. The standard InChI is InChI=1S/C20H32O3.C16H30O2.C15H26O3.C15H28O2.C14H26O2/c1-5-20(3,4)19(21)23-11(2)22-16-10-14-9-15(16)18-13-7-6-12(8-13)17(14)18;1-5-15(3,4)14(17)18-16(6-2)12-10-8-7-9-11-13-16;1-5-15(3,4)14(16)18-10(2)17-13-9-11-6-7-12(13)8-11;1-5-14(2,3)13(16)17-15(4)11-9-7-6-8-10-12-15;1-6-13(4,5)12(15)16-14(11(2)3)9-7-8-10-14/h11-18H,5-10H2,1-4H3;5-13H2,1-4H3;10-13H,5-9H2,1-4H3;5-12H2,1-4H3;11H,6-10H2,1-5H3. The lowest BCUT2D eigenvalue weighted by atomic mass is 9.70. The summed E-state index contributed by atoms with van der Waals surface area (Å²) in [5.74, 6) is 7.21. The Morgan fingerprint density at radius 3 is 1.21 bits per heavy atom. The third-order valence-corrected chi connectivity index (χ3v) is 25.6. The number of esters is 5. The van der Waals surface area contributed by atoms with Crippen molar-refractivity contribution in [1.29, 1.82) is 0 Å². The summed E-state index contributed by atoms with van der Waals surface area (Å²) in [5.41, 5.74) is -2.42. The van der Waals surface area contributed by atoms with Crippen LogP contribution in [-0.2, 0) is 57.1 Å². The summed E-state index contributed by atoms with van der Waals surface area (Å²) in [4.78, 5) is 60.8. The first-order chi connectivity index (χ1) is 43.0. The van der Waals surface area contributed by atoms with Gasteiger partial charge in [0.15, 0.2) is 12.6 Å². The second-order valence-corrected chi connectivity index (χ2v) is 34.7. The molecule has 12 nitrogen and oxygen atoms in total. The third kappa shape index (κ3) is 21.6. The minimum atomic E-state index is -0.415. The topological polar surface area (TPSA) is 150 Å². The summed E-state index contributed by atoms with van der Waals surface area (Å²) in [6.07, 6.45) is 38.2. The lowest BCUT2D eigenvalue weighted by Crippen LogP contribution is -2.41.